The van der Waals surface area contributed by atoms with Gasteiger partial charge in [0.05, 0.1) is 0 Å². The lowest BCUT2D eigenvalue weighted by molar-refractivity contribution is -0.597. The summed E-state index contributed by atoms with van der Waals surface area (Å²) in [5.41, 5.74) is 7.28. The predicted molar refractivity (Wildman–Crippen MR) is 106 cm³/mol. The van der Waals surface area contributed by atoms with Crippen LogP contribution in [0.1, 0.15) is 22.3 Å². The molecule has 0 saturated heterocycles. The van der Waals surface area contributed by atoms with E-state index in [0.29, 0.717) is 0 Å². The van der Waals surface area contributed by atoms with Crippen LogP contribution in [-0.4, -0.2) is 19.6 Å². The maximum absolute atomic E-state index is 4.49. The summed E-state index contributed by atoms with van der Waals surface area (Å²) >= 11 is 0. The summed E-state index contributed by atoms with van der Waals surface area (Å²) in [5, 5.41) is 8.97. The monoisotopic (exact) mass is 374 g/mol. The van der Waals surface area contributed by atoms with Gasteiger partial charge >= 0.3 is 0 Å². The maximum atomic E-state index is 4.49. The zero-order valence-corrected chi connectivity index (χ0v) is 16.9. The Morgan fingerprint density at radius 3 is 1.32 bits per heavy atom. The summed E-state index contributed by atoms with van der Waals surface area (Å²) < 4.78 is 8.00. The number of aromatic nitrogens is 6. The lowest BCUT2D eigenvalue weighted by Gasteiger charge is -2.01. The third kappa shape index (κ3) is 4.01. The van der Waals surface area contributed by atoms with Crippen molar-refractivity contribution in [1.82, 2.24) is 19.6 Å². The summed E-state index contributed by atoms with van der Waals surface area (Å²) in [5.74, 6) is 0. The predicted octanol–water partition coefficient (Wildman–Crippen LogP) is 2.57. The highest BCUT2D eigenvalue weighted by Gasteiger charge is 2.13. The van der Waals surface area contributed by atoms with Crippen molar-refractivity contribution in [2.75, 3.05) is 0 Å². The second-order valence-corrected chi connectivity index (χ2v) is 7.53. The lowest BCUT2D eigenvalue weighted by atomic mass is 10.1. The lowest BCUT2D eigenvalue weighted by Crippen LogP contribution is -2.28. The first-order valence-electron chi connectivity index (χ1n) is 9.51. The Morgan fingerprint density at radius 2 is 0.964 bits per heavy atom. The smallest absolute Gasteiger partial charge is 0.203 e. The van der Waals surface area contributed by atoms with Crippen molar-refractivity contribution in [2.24, 2.45) is 0 Å². The van der Waals surface area contributed by atoms with Gasteiger partial charge in [-0.05, 0) is 74.2 Å². The van der Waals surface area contributed by atoms with Gasteiger partial charge in [-0.3, -0.25) is 0 Å². The van der Waals surface area contributed by atoms with Crippen molar-refractivity contribution in [3.8, 4) is 11.4 Å². The summed E-state index contributed by atoms with van der Waals surface area (Å²) in [6.45, 7) is 9.97. The standard InChI is InChI=1S/C22H26N6/c1-17-7-18(2)10-21(9-17)25-13-23-27(15-25)5-6-28-16-26(14-24-28)22-11-19(3)8-20(4)12-22/h7-16H,5-6H2,1-4H3/q+2. The maximum Gasteiger partial charge on any atom is 0.270 e. The molecule has 4 rings (SSSR count). The molecule has 6 heteroatoms. The van der Waals surface area contributed by atoms with Gasteiger partial charge in [0.15, 0.2) is 0 Å². The minimum absolute atomic E-state index is 0.756. The first kappa shape index (κ1) is 18.1. The van der Waals surface area contributed by atoms with Gasteiger partial charge in [-0.15, -0.1) is 9.36 Å². The van der Waals surface area contributed by atoms with Crippen LogP contribution in [0.3, 0.4) is 0 Å². The van der Waals surface area contributed by atoms with Gasteiger partial charge < -0.3 is 0 Å². The van der Waals surface area contributed by atoms with Gasteiger partial charge in [0.2, 0.25) is 12.7 Å². The number of hydrogen-bond acceptors (Lipinski definition) is 2. The minimum Gasteiger partial charge on any atom is -0.203 e. The van der Waals surface area contributed by atoms with Crippen molar-refractivity contribution in [1.29, 1.82) is 0 Å². The quantitative estimate of drug-likeness (QED) is 0.504. The molecule has 0 unspecified atom stereocenters. The van der Waals surface area contributed by atoms with Crippen LogP contribution in [0.25, 0.3) is 11.4 Å². The Labute approximate surface area is 165 Å². The number of rotatable bonds is 5. The molecule has 142 valence electrons. The van der Waals surface area contributed by atoms with Crippen molar-refractivity contribution >= 4 is 0 Å². The fourth-order valence-electron chi connectivity index (χ4n) is 3.55. The van der Waals surface area contributed by atoms with E-state index in [2.05, 4.69) is 83.4 Å². The van der Waals surface area contributed by atoms with E-state index in [0.717, 1.165) is 24.5 Å². The van der Waals surface area contributed by atoms with Crippen LogP contribution in [0, 0.1) is 27.7 Å². The van der Waals surface area contributed by atoms with Gasteiger partial charge in [0, 0.05) is 10.2 Å². The Hall–Kier alpha value is -3.28. The van der Waals surface area contributed by atoms with Crippen LogP contribution in [0.15, 0.2) is 61.7 Å². The summed E-state index contributed by atoms with van der Waals surface area (Å²) in [4.78, 5) is 0. The van der Waals surface area contributed by atoms with Crippen LogP contribution < -0.4 is 9.13 Å². The highest BCUT2D eigenvalue weighted by molar-refractivity contribution is 5.33. The second kappa shape index (κ2) is 7.38. The average Bonchev–Trinajstić information content (AvgIpc) is 3.28. The Morgan fingerprint density at radius 1 is 0.607 bits per heavy atom. The van der Waals surface area contributed by atoms with E-state index in [9.17, 15) is 0 Å². The zero-order chi connectivity index (χ0) is 19.7. The van der Waals surface area contributed by atoms with E-state index >= 15 is 0 Å². The number of hydrogen-bond donors (Lipinski definition) is 0. The largest absolute Gasteiger partial charge is 0.270 e. The van der Waals surface area contributed by atoms with E-state index in [1.54, 1.807) is 0 Å². The second-order valence-electron chi connectivity index (χ2n) is 7.53. The molecule has 2 aromatic carbocycles. The van der Waals surface area contributed by atoms with Crippen LogP contribution in [0.5, 0.6) is 0 Å². The summed E-state index contributed by atoms with van der Waals surface area (Å²) in [6, 6.07) is 13.0. The molecule has 0 aliphatic heterocycles. The topological polar surface area (TPSA) is 43.4 Å². The molecular formula is C22H26N6+2. The van der Waals surface area contributed by atoms with E-state index in [4.69, 9.17) is 0 Å². The first-order valence-corrected chi connectivity index (χ1v) is 9.51. The van der Waals surface area contributed by atoms with E-state index < -0.39 is 0 Å². The molecular weight excluding hydrogens is 348 g/mol. The third-order valence-corrected chi connectivity index (χ3v) is 4.73. The molecule has 0 bridgehead atoms. The molecule has 0 N–H and O–H groups in total. The van der Waals surface area contributed by atoms with Gasteiger partial charge in [-0.1, -0.05) is 12.1 Å². The molecule has 0 aliphatic rings. The Bertz CT molecular complexity index is 992. The average molecular weight is 374 g/mol. The fourth-order valence-corrected chi connectivity index (χ4v) is 3.55. The van der Waals surface area contributed by atoms with Gasteiger partial charge in [0.1, 0.15) is 24.5 Å². The highest BCUT2D eigenvalue weighted by atomic mass is 15.4. The van der Waals surface area contributed by atoms with Gasteiger partial charge in [0.25, 0.3) is 12.7 Å². The fraction of sp³-hybridized carbons (Fsp3) is 0.273. The molecule has 4 aromatic rings. The van der Waals surface area contributed by atoms with Crippen LogP contribution in [0.2, 0.25) is 0 Å². The molecule has 2 heterocycles. The Kier molecular flexibility index (Phi) is 4.77. The molecule has 0 aliphatic carbocycles. The van der Waals surface area contributed by atoms with Crippen LogP contribution >= 0.6 is 0 Å². The number of benzene rings is 2. The van der Waals surface area contributed by atoms with E-state index in [1.807, 2.05) is 34.7 Å². The molecule has 28 heavy (non-hydrogen) atoms. The number of nitrogens with zero attached hydrogens (tertiary/aromatic N) is 6. The molecule has 0 amide bonds. The van der Waals surface area contributed by atoms with Crippen molar-refractivity contribution in [2.45, 2.75) is 40.8 Å². The van der Waals surface area contributed by atoms with Crippen LogP contribution in [-0.2, 0) is 13.1 Å². The molecule has 6 nitrogen and oxygen atoms in total. The highest BCUT2D eigenvalue weighted by Crippen LogP contribution is 2.09. The molecule has 0 fully saturated rings. The van der Waals surface area contributed by atoms with Gasteiger partial charge in [-0.2, -0.15) is 0 Å². The van der Waals surface area contributed by atoms with Crippen molar-refractivity contribution < 1.29 is 9.13 Å². The molecule has 0 spiro atoms. The molecule has 0 radical (unpaired) electrons. The van der Waals surface area contributed by atoms with Crippen LogP contribution in [0.4, 0.5) is 0 Å². The normalized spacial score (nSPS) is 11.1. The third-order valence-electron chi connectivity index (χ3n) is 4.73. The van der Waals surface area contributed by atoms with Gasteiger partial charge in [-0.25, -0.2) is 9.13 Å². The van der Waals surface area contributed by atoms with E-state index in [1.165, 1.54) is 22.3 Å². The summed E-state index contributed by atoms with van der Waals surface area (Å²) in [7, 11) is 0. The Balaban J connectivity index is 1.46. The molecule has 0 saturated carbocycles. The number of aryl methyl sites for hydroxylation is 6. The zero-order valence-electron chi connectivity index (χ0n) is 16.9. The first-order chi connectivity index (χ1) is 13.5. The van der Waals surface area contributed by atoms with Crippen molar-refractivity contribution in [3.05, 3.63) is 84.0 Å². The van der Waals surface area contributed by atoms with Crippen molar-refractivity contribution in [3.63, 3.8) is 0 Å². The SMILES string of the molecule is Cc1cc(C)cc(-[n+]2cnn(CCn3c[n+](-c4cc(C)cc(C)c4)cn3)c2)c1. The molecule has 2 aromatic heterocycles. The molecule has 0 atom stereocenters. The minimum atomic E-state index is 0.756. The summed E-state index contributed by atoms with van der Waals surface area (Å²) in [6.07, 6.45) is 7.76. The van der Waals surface area contributed by atoms with E-state index in [-0.39, 0.29) is 0 Å².